The van der Waals surface area contributed by atoms with Crippen molar-refractivity contribution >= 4 is 28.3 Å². The van der Waals surface area contributed by atoms with Gasteiger partial charge in [-0.1, -0.05) is 26.8 Å². The number of benzene rings is 1. The highest BCUT2D eigenvalue weighted by Gasteiger charge is 2.52. The first-order valence-electron chi connectivity index (χ1n) is 11.4. The fourth-order valence-electron chi connectivity index (χ4n) is 5.14. The van der Waals surface area contributed by atoms with E-state index in [-0.39, 0.29) is 36.1 Å². The van der Waals surface area contributed by atoms with Gasteiger partial charge in [0.15, 0.2) is 16.6 Å². The molecule has 0 spiro atoms. The lowest BCUT2D eigenvalue weighted by Gasteiger charge is -2.39. The zero-order valence-corrected chi connectivity index (χ0v) is 20.0. The van der Waals surface area contributed by atoms with E-state index in [0.717, 1.165) is 42.7 Å². The van der Waals surface area contributed by atoms with Gasteiger partial charge in [0.05, 0.1) is 17.5 Å². The molecule has 33 heavy (non-hydrogen) atoms. The number of rotatable bonds is 6. The maximum Gasteiger partial charge on any atom is 0.236 e. The van der Waals surface area contributed by atoms with Gasteiger partial charge < -0.3 is 20.5 Å². The average Bonchev–Trinajstić information content (AvgIpc) is 3.10. The second-order valence-corrected chi connectivity index (χ2v) is 11.3. The van der Waals surface area contributed by atoms with Crippen LogP contribution in [-0.4, -0.2) is 41.1 Å². The van der Waals surface area contributed by atoms with Crippen LogP contribution in [0, 0.1) is 5.41 Å². The second-order valence-electron chi connectivity index (χ2n) is 10.2. The van der Waals surface area contributed by atoms with Gasteiger partial charge in [-0.25, -0.2) is 4.98 Å². The molecule has 0 bridgehead atoms. The predicted molar refractivity (Wildman–Crippen MR) is 125 cm³/mol. The van der Waals surface area contributed by atoms with E-state index in [1.165, 1.54) is 11.3 Å². The number of hydrogen-bond acceptors (Lipinski definition) is 7. The summed E-state index contributed by atoms with van der Waals surface area (Å²) in [6.45, 7) is 7.51. The largest absolute Gasteiger partial charge is 0.454 e. The smallest absolute Gasteiger partial charge is 0.236 e. The van der Waals surface area contributed by atoms with Crippen molar-refractivity contribution in [2.45, 2.75) is 64.0 Å². The molecule has 2 amide bonds. The van der Waals surface area contributed by atoms with Crippen LogP contribution in [0.5, 0.6) is 11.5 Å². The third-order valence-electron chi connectivity index (χ3n) is 6.90. The van der Waals surface area contributed by atoms with E-state index in [2.05, 4.69) is 36.0 Å². The zero-order chi connectivity index (χ0) is 23.4. The first-order valence-corrected chi connectivity index (χ1v) is 12.2. The van der Waals surface area contributed by atoms with Gasteiger partial charge in [0.1, 0.15) is 0 Å². The third-order valence-corrected chi connectivity index (χ3v) is 7.86. The summed E-state index contributed by atoms with van der Waals surface area (Å²) in [6, 6.07) is 5.45. The summed E-state index contributed by atoms with van der Waals surface area (Å²) in [5.74, 6) is 1.07. The maximum atomic E-state index is 13.3. The Kier molecular flexibility index (Phi) is 5.36. The van der Waals surface area contributed by atoms with Crippen molar-refractivity contribution in [2.75, 3.05) is 18.7 Å². The van der Waals surface area contributed by atoms with Crippen LogP contribution in [0.25, 0.3) is 0 Å². The number of fused-ring (bicyclic) bond motifs is 1. The minimum absolute atomic E-state index is 0.00982. The molecule has 1 aromatic carbocycles. The van der Waals surface area contributed by atoms with E-state index in [9.17, 15) is 9.59 Å². The minimum atomic E-state index is -0.553. The molecule has 1 unspecified atom stereocenters. The van der Waals surface area contributed by atoms with Gasteiger partial charge in [0.2, 0.25) is 18.6 Å². The number of nitrogens with one attached hydrogen (secondary N) is 1. The van der Waals surface area contributed by atoms with Crippen LogP contribution in [0.4, 0.5) is 5.13 Å². The quantitative estimate of drug-likeness (QED) is 0.668. The summed E-state index contributed by atoms with van der Waals surface area (Å²) < 4.78 is 10.9. The van der Waals surface area contributed by atoms with E-state index in [4.69, 9.17) is 15.2 Å². The number of hydrogen-bond donors (Lipinski definition) is 2. The van der Waals surface area contributed by atoms with Crippen molar-refractivity contribution in [3.63, 3.8) is 0 Å². The number of thiazole rings is 1. The van der Waals surface area contributed by atoms with Gasteiger partial charge in [-0.2, -0.15) is 0 Å². The van der Waals surface area contributed by atoms with Gasteiger partial charge in [-0.15, -0.1) is 11.3 Å². The van der Waals surface area contributed by atoms with Gasteiger partial charge in [0, 0.05) is 11.1 Å². The normalized spacial score (nSPS) is 22.2. The molecule has 1 saturated carbocycles. The highest BCUT2D eigenvalue weighted by molar-refractivity contribution is 7.15. The average molecular weight is 471 g/mol. The Labute approximate surface area is 197 Å². The molecule has 5 rings (SSSR count). The van der Waals surface area contributed by atoms with Gasteiger partial charge in [0.25, 0.3) is 0 Å². The van der Waals surface area contributed by atoms with Crippen molar-refractivity contribution in [1.29, 1.82) is 0 Å². The van der Waals surface area contributed by atoms with Gasteiger partial charge >= 0.3 is 0 Å². The molecule has 9 heteroatoms. The molecule has 3 aliphatic rings. The lowest BCUT2D eigenvalue weighted by molar-refractivity contribution is -0.123. The first kappa shape index (κ1) is 22.2. The Morgan fingerprint density at radius 1 is 1.27 bits per heavy atom. The molecule has 2 aromatic rings. The zero-order valence-electron chi connectivity index (χ0n) is 19.2. The van der Waals surface area contributed by atoms with Crippen LogP contribution >= 0.6 is 11.3 Å². The summed E-state index contributed by atoms with van der Waals surface area (Å²) in [5.41, 5.74) is 5.95. The minimum Gasteiger partial charge on any atom is -0.454 e. The van der Waals surface area contributed by atoms with E-state index >= 15 is 0 Å². The molecule has 3 heterocycles. The molecule has 0 radical (unpaired) electrons. The molecule has 1 saturated heterocycles. The number of ether oxygens (including phenoxy) is 2. The summed E-state index contributed by atoms with van der Waals surface area (Å²) >= 11 is 1.47. The molecule has 1 aromatic heterocycles. The van der Waals surface area contributed by atoms with E-state index in [0.29, 0.717) is 16.6 Å². The predicted octanol–water partition coefficient (Wildman–Crippen LogP) is 3.58. The summed E-state index contributed by atoms with van der Waals surface area (Å²) in [6.07, 6.45) is 5.13. The maximum absolute atomic E-state index is 13.3. The van der Waals surface area contributed by atoms with E-state index < -0.39 is 5.41 Å². The molecule has 8 nitrogen and oxygen atoms in total. The van der Waals surface area contributed by atoms with Crippen molar-refractivity contribution in [1.82, 2.24) is 9.88 Å². The Balaban J connectivity index is 1.36. The number of likely N-dealkylation sites (tertiary alicyclic amines) is 1. The summed E-state index contributed by atoms with van der Waals surface area (Å²) in [7, 11) is 0. The number of anilines is 1. The molecule has 2 atom stereocenters. The number of carbonyl (C=O) groups excluding carboxylic acids is 2. The summed E-state index contributed by atoms with van der Waals surface area (Å²) in [5, 5.41) is 3.62. The standard InChI is InChI=1S/C24H30N4O4S/c1-23(2,3)19(28-10-4-5-15(28)20(25)29)18-12-26-22(33-18)27-21(30)24(8-9-24)14-6-7-16-17(11-14)32-13-31-16/h6-7,11-12,15,19H,4-5,8-10,13H2,1-3H3,(H2,25,29)(H,26,27,30)/t15-,19?/m0/s1. The Hall–Kier alpha value is -2.65. The SMILES string of the molecule is CC(C)(C)C(c1cnc(NC(=O)C2(c3ccc4c(c3)OCO4)CC2)s1)N1CCC[C@H]1C(N)=O. The Morgan fingerprint density at radius 2 is 2.03 bits per heavy atom. The molecular weight excluding hydrogens is 440 g/mol. The molecule has 2 fully saturated rings. The van der Waals surface area contributed by atoms with Crippen LogP contribution in [0.2, 0.25) is 0 Å². The van der Waals surface area contributed by atoms with Crippen molar-refractivity contribution < 1.29 is 19.1 Å². The fourth-order valence-corrected chi connectivity index (χ4v) is 6.32. The summed E-state index contributed by atoms with van der Waals surface area (Å²) in [4.78, 5) is 33.1. The fraction of sp³-hybridized carbons (Fsp3) is 0.542. The number of amides is 2. The lowest BCUT2D eigenvalue weighted by atomic mass is 9.84. The molecule has 3 N–H and O–H groups in total. The van der Waals surface area contributed by atoms with Crippen molar-refractivity contribution in [3.05, 3.63) is 34.8 Å². The highest BCUT2D eigenvalue weighted by atomic mass is 32.1. The number of nitrogens with two attached hydrogens (primary N) is 1. The van der Waals surface area contributed by atoms with E-state index in [1.54, 1.807) is 0 Å². The number of carbonyl (C=O) groups is 2. The van der Waals surface area contributed by atoms with Gasteiger partial charge in [-0.05, 0) is 55.3 Å². The molecular formula is C24H30N4O4S. The number of primary amides is 1. The number of aromatic nitrogens is 1. The van der Waals surface area contributed by atoms with Crippen molar-refractivity contribution in [3.8, 4) is 11.5 Å². The Bertz CT molecular complexity index is 1090. The van der Waals surface area contributed by atoms with Crippen LogP contribution in [-0.2, 0) is 15.0 Å². The third kappa shape index (κ3) is 3.97. The Morgan fingerprint density at radius 3 is 2.73 bits per heavy atom. The van der Waals surface area contributed by atoms with Gasteiger partial charge in [-0.3, -0.25) is 14.5 Å². The monoisotopic (exact) mass is 470 g/mol. The topological polar surface area (TPSA) is 107 Å². The van der Waals surface area contributed by atoms with E-state index in [1.807, 2.05) is 24.4 Å². The number of nitrogens with zero attached hydrogens (tertiary/aromatic N) is 2. The first-order chi connectivity index (χ1) is 15.7. The van der Waals surface area contributed by atoms with Crippen LogP contribution < -0.4 is 20.5 Å². The molecule has 2 aliphatic heterocycles. The van der Waals surface area contributed by atoms with Crippen LogP contribution in [0.15, 0.2) is 24.4 Å². The molecule has 1 aliphatic carbocycles. The molecule has 176 valence electrons. The van der Waals surface area contributed by atoms with Crippen LogP contribution in [0.3, 0.4) is 0 Å². The highest BCUT2D eigenvalue weighted by Crippen LogP contribution is 2.51. The van der Waals surface area contributed by atoms with Crippen LogP contribution in [0.1, 0.15) is 62.9 Å². The van der Waals surface area contributed by atoms with Crippen molar-refractivity contribution in [2.24, 2.45) is 11.1 Å². The lowest BCUT2D eigenvalue weighted by Crippen LogP contribution is -2.45. The second kappa shape index (κ2) is 7.99.